The second-order valence-electron chi connectivity index (χ2n) is 9.23. The van der Waals surface area contributed by atoms with Crippen molar-refractivity contribution >= 4 is 40.3 Å². The van der Waals surface area contributed by atoms with E-state index in [9.17, 15) is 9.59 Å². The van der Waals surface area contributed by atoms with Crippen LogP contribution in [0.25, 0.3) is 10.9 Å². The topological polar surface area (TPSA) is 78.4 Å². The highest BCUT2D eigenvalue weighted by atomic mass is 35.5. The summed E-state index contributed by atoms with van der Waals surface area (Å²) in [6, 6.07) is 15.7. The maximum atomic E-state index is 13.0. The van der Waals surface area contributed by atoms with Gasteiger partial charge in [0.2, 0.25) is 17.8 Å². The smallest absolute Gasteiger partial charge is 0.225 e. The number of piperazine rings is 1. The minimum Gasteiger partial charge on any atom is -0.350 e. The summed E-state index contributed by atoms with van der Waals surface area (Å²) >= 11 is 6.02. The molecule has 8 heteroatoms. The van der Waals surface area contributed by atoms with Gasteiger partial charge in [0.15, 0.2) is 0 Å². The van der Waals surface area contributed by atoms with Crippen molar-refractivity contribution in [2.45, 2.75) is 37.6 Å². The normalized spacial score (nSPS) is 20.6. The number of aromatic nitrogens is 2. The van der Waals surface area contributed by atoms with Crippen molar-refractivity contribution in [1.29, 1.82) is 0 Å². The number of benzene rings is 2. The predicted octanol–water partition coefficient (Wildman–Crippen LogP) is 3.60. The fourth-order valence-electron chi connectivity index (χ4n) is 4.95. The number of hydrogen-bond acceptors (Lipinski definition) is 5. The van der Waals surface area contributed by atoms with Crippen LogP contribution in [0, 0.1) is 0 Å². The van der Waals surface area contributed by atoms with Crippen LogP contribution in [0.1, 0.15) is 31.2 Å². The molecule has 0 unspecified atom stereocenters. The highest BCUT2D eigenvalue weighted by Gasteiger charge is 2.38. The summed E-state index contributed by atoms with van der Waals surface area (Å²) in [6.45, 7) is 2.70. The maximum Gasteiger partial charge on any atom is 0.225 e. The molecule has 1 N–H and O–H groups in total. The van der Waals surface area contributed by atoms with Gasteiger partial charge in [0.25, 0.3) is 0 Å². The molecule has 0 aliphatic carbocycles. The number of nitrogens with zero attached hydrogens (tertiary/aromatic N) is 4. The van der Waals surface area contributed by atoms with Crippen LogP contribution in [-0.4, -0.2) is 58.4 Å². The third-order valence-electron chi connectivity index (χ3n) is 6.90. The predicted molar refractivity (Wildman–Crippen MR) is 133 cm³/mol. The molecule has 34 heavy (non-hydrogen) atoms. The van der Waals surface area contributed by atoms with Gasteiger partial charge in [-0.2, -0.15) is 0 Å². The van der Waals surface area contributed by atoms with Gasteiger partial charge in [-0.15, -0.1) is 0 Å². The number of halogens is 1. The molecule has 3 aromatic rings. The van der Waals surface area contributed by atoms with Gasteiger partial charge in [-0.1, -0.05) is 41.9 Å². The van der Waals surface area contributed by atoms with Crippen LogP contribution in [0.2, 0.25) is 5.02 Å². The molecule has 0 radical (unpaired) electrons. The molecule has 0 bridgehead atoms. The molecule has 3 heterocycles. The Morgan fingerprint density at radius 3 is 2.56 bits per heavy atom. The number of para-hydroxylation sites is 1. The molecule has 1 atom stereocenters. The molecule has 2 aliphatic heterocycles. The Hall–Kier alpha value is -3.19. The minimum atomic E-state index is -0.374. The highest BCUT2D eigenvalue weighted by molar-refractivity contribution is 6.30. The van der Waals surface area contributed by atoms with Gasteiger partial charge < -0.3 is 15.1 Å². The molecule has 176 valence electrons. The number of anilines is 1. The Labute approximate surface area is 204 Å². The number of rotatable bonds is 6. The minimum absolute atomic E-state index is 0.0606. The zero-order valence-electron chi connectivity index (χ0n) is 19.0. The van der Waals surface area contributed by atoms with Crippen molar-refractivity contribution in [3.05, 3.63) is 65.3 Å². The van der Waals surface area contributed by atoms with E-state index in [1.165, 1.54) is 0 Å². The monoisotopic (exact) mass is 477 g/mol. The van der Waals surface area contributed by atoms with Gasteiger partial charge >= 0.3 is 0 Å². The lowest BCUT2D eigenvalue weighted by molar-refractivity contribution is -0.132. The number of amides is 2. The molecule has 2 fully saturated rings. The Morgan fingerprint density at radius 2 is 1.82 bits per heavy atom. The van der Waals surface area contributed by atoms with E-state index < -0.39 is 0 Å². The van der Waals surface area contributed by atoms with Gasteiger partial charge in [0.05, 0.1) is 5.52 Å². The number of nitrogens with one attached hydrogen (secondary N) is 1. The van der Waals surface area contributed by atoms with Crippen molar-refractivity contribution in [3.8, 4) is 0 Å². The summed E-state index contributed by atoms with van der Waals surface area (Å²) in [5.41, 5.74) is 1.67. The van der Waals surface area contributed by atoms with E-state index in [1.54, 1.807) is 0 Å². The lowest BCUT2D eigenvalue weighted by Gasteiger charge is -2.36. The molecule has 5 rings (SSSR count). The van der Waals surface area contributed by atoms with Gasteiger partial charge in [0.1, 0.15) is 0 Å². The van der Waals surface area contributed by atoms with E-state index >= 15 is 0 Å². The first-order valence-electron chi connectivity index (χ1n) is 11.8. The molecule has 0 spiro atoms. The quantitative estimate of drug-likeness (QED) is 0.587. The third-order valence-corrected chi connectivity index (χ3v) is 7.15. The Kier molecular flexibility index (Phi) is 6.37. The van der Waals surface area contributed by atoms with E-state index in [0.29, 0.717) is 62.8 Å². The van der Waals surface area contributed by atoms with E-state index in [-0.39, 0.29) is 17.4 Å². The summed E-state index contributed by atoms with van der Waals surface area (Å²) in [5, 5.41) is 4.88. The van der Waals surface area contributed by atoms with Gasteiger partial charge in [-0.3, -0.25) is 9.59 Å². The average molecular weight is 478 g/mol. The number of fused-ring (bicyclic) bond motifs is 1. The SMILES string of the molecule is O=C1CC[C@@](CCC(=O)N2CCN(c3ncc4ccccc4n3)CC2)(Cc2ccc(Cl)cc2)N1. The van der Waals surface area contributed by atoms with E-state index in [2.05, 4.69) is 20.2 Å². The average Bonchev–Trinajstić information content (AvgIpc) is 3.24. The van der Waals surface area contributed by atoms with Gasteiger partial charge in [-0.25, -0.2) is 9.97 Å². The van der Waals surface area contributed by atoms with Crippen molar-refractivity contribution < 1.29 is 9.59 Å². The van der Waals surface area contributed by atoms with Crippen LogP contribution in [0.4, 0.5) is 5.95 Å². The molecule has 2 amide bonds. The molecular weight excluding hydrogens is 450 g/mol. The van der Waals surface area contributed by atoms with Crippen molar-refractivity contribution in [2.75, 3.05) is 31.1 Å². The van der Waals surface area contributed by atoms with Crippen molar-refractivity contribution in [1.82, 2.24) is 20.2 Å². The molecule has 1 aromatic heterocycles. The number of hydrogen-bond donors (Lipinski definition) is 1. The third kappa shape index (κ3) is 4.99. The lowest BCUT2D eigenvalue weighted by Crippen LogP contribution is -2.50. The summed E-state index contributed by atoms with van der Waals surface area (Å²) in [6.07, 6.45) is 4.86. The highest BCUT2D eigenvalue weighted by Crippen LogP contribution is 2.30. The summed E-state index contributed by atoms with van der Waals surface area (Å²) in [5.74, 6) is 0.905. The molecular formula is C26H28ClN5O2. The second-order valence-corrected chi connectivity index (χ2v) is 9.66. The number of carbonyl (C=O) groups is 2. The summed E-state index contributed by atoms with van der Waals surface area (Å²) < 4.78 is 0. The largest absolute Gasteiger partial charge is 0.350 e. The fraction of sp³-hybridized carbons (Fsp3) is 0.385. The molecule has 2 saturated heterocycles. The Bertz CT molecular complexity index is 1190. The van der Waals surface area contributed by atoms with E-state index in [4.69, 9.17) is 11.6 Å². The first kappa shape index (κ1) is 22.6. The fourth-order valence-corrected chi connectivity index (χ4v) is 5.08. The molecule has 0 saturated carbocycles. The standard InChI is InChI=1S/C26H28ClN5O2/c27-21-7-5-19(6-8-21)17-26(11-9-23(33)30-26)12-10-24(34)31-13-15-32(16-14-31)25-28-18-20-3-1-2-4-22(20)29-25/h1-8,18H,9-17H2,(H,30,33)/t26-/m1/s1. The maximum absolute atomic E-state index is 13.0. The molecule has 2 aliphatic rings. The summed E-state index contributed by atoms with van der Waals surface area (Å²) in [7, 11) is 0. The first-order chi connectivity index (χ1) is 16.5. The Morgan fingerprint density at radius 1 is 1.06 bits per heavy atom. The number of carbonyl (C=O) groups excluding carboxylic acids is 2. The zero-order chi connectivity index (χ0) is 23.5. The summed E-state index contributed by atoms with van der Waals surface area (Å²) in [4.78, 5) is 38.3. The van der Waals surface area contributed by atoms with Crippen LogP contribution in [0.3, 0.4) is 0 Å². The Balaban J connectivity index is 1.18. The van der Waals surface area contributed by atoms with Crippen LogP contribution >= 0.6 is 11.6 Å². The van der Waals surface area contributed by atoms with Gasteiger partial charge in [-0.05, 0) is 43.0 Å². The molecule has 7 nitrogen and oxygen atoms in total. The van der Waals surface area contributed by atoms with Crippen molar-refractivity contribution in [2.24, 2.45) is 0 Å². The molecule has 2 aromatic carbocycles. The van der Waals surface area contributed by atoms with Crippen molar-refractivity contribution in [3.63, 3.8) is 0 Å². The van der Waals surface area contributed by atoms with E-state index in [0.717, 1.165) is 22.9 Å². The van der Waals surface area contributed by atoms with Crippen LogP contribution in [-0.2, 0) is 16.0 Å². The zero-order valence-corrected chi connectivity index (χ0v) is 19.8. The van der Waals surface area contributed by atoms with E-state index in [1.807, 2.05) is 59.6 Å². The van der Waals surface area contributed by atoms with Crippen LogP contribution < -0.4 is 10.2 Å². The first-order valence-corrected chi connectivity index (χ1v) is 12.2. The van der Waals surface area contributed by atoms with Gasteiger partial charge in [0, 0.05) is 61.2 Å². The van der Waals surface area contributed by atoms with Crippen LogP contribution in [0.5, 0.6) is 0 Å². The lowest BCUT2D eigenvalue weighted by atomic mass is 9.85. The second kappa shape index (κ2) is 9.58. The van der Waals surface area contributed by atoms with Crippen LogP contribution in [0.15, 0.2) is 54.7 Å².